The van der Waals surface area contributed by atoms with Crippen LogP contribution in [0.25, 0.3) is 0 Å². The number of rotatable bonds is 4. The van der Waals surface area contributed by atoms with Crippen LogP contribution in [0.5, 0.6) is 0 Å². The maximum absolute atomic E-state index is 10.5. The van der Waals surface area contributed by atoms with E-state index in [0.29, 0.717) is 13.0 Å². The third-order valence-corrected chi connectivity index (χ3v) is 0.778. The van der Waals surface area contributed by atoms with Gasteiger partial charge in [0.05, 0.1) is 13.0 Å². The zero-order valence-electron chi connectivity index (χ0n) is 5.72. The monoisotopic (exact) mass is 128 g/mol. The summed E-state index contributed by atoms with van der Waals surface area (Å²) >= 11 is 0. The fourth-order valence-corrected chi connectivity index (χ4v) is 0.393. The minimum Gasteiger partial charge on any atom is -0.465 e. The molecule has 0 amide bonds. The molecular weight excluding hydrogens is 116 g/mol. The number of carbonyl (C=O) groups is 1. The highest BCUT2D eigenvalue weighted by Gasteiger charge is 1.95. The third-order valence-electron chi connectivity index (χ3n) is 0.778. The average Bonchev–Trinajstić information content (AvgIpc) is 1.85. The number of hydrogen-bond acceptors (Lipinski definition) is 2. The number of ether oxygens (including phenoxy) is 1. The van der Waals surface area contributed by atoms with E-state index in [1.165, 1.54) is 6.08 Å². The molecule has 2 nitrogen and oxygen atoms in total. The Balaban J connectivity index is 3.16. The van der Waals surface area contributed by atoms with E-state index < -0.39 is 0 Å². The van der Waals surface area contributed by atoms with Crippen molar-refractivity contribution in [1.29, 1.82) is 0 Å². The van der Waals surface area contributed by atoms with Gasteiger partial charge in [-0.1, -0.05) is 13.0 Å². The molecule has 0 aliphatic rings. The quantitative estimate of drug-likeness (QED) is 0.424. The van der Waals surface area contributed by atoms with E-state index in [-0.39, 0.29) is 5.97 Å². The fourth-order valence-electron chi connectivity index (χ4n) is 0.393. The Labute approximate surface area is 55.5 Å². The molecule has 0 aromatic carbocycles. The number of carbonyl (C=O) groups excluding carboxylic acids is 1. The maximum Gasteiger partial charge on any atom is 0.309 e. The van der Waals surface area contributed by atoms with Gasteiger partial charge in [0.15, 0.2) is 0 Å². The molecule has 0 saturated heterocycles. The van der Waals surface area contributed by atoms with Gasteiger partial charge in [0, 0.05) is 0 Å². The average molecular weight is 128 g/mol. The van der Waals surface area contributed by atoms with Crippen LogP contribution in [0.1, 0.15) is 19.8 Å². The third kappa shape index (κ3) is 5.07. The Morgan fingerprint density at radius 1 is 1.78 bits per heavy atom. The van der Waals surface area contributed by atoms with Crippen molar-refractivity contribution in [2.45, 2.75) is 19.8 Å². The Morgan fingerprint density at radius 3 is 2.89 bits per heavy atom. The summed E-state index contributed by atoms with van der Waals surface area (Å²) in [7, 11) is 0. The molecule has 0 radical (unpaired) electrons. The van der Waals surface area contributed by atoms with Gasteiger partial charge in [0.1, 0.15) is 0 Å². The van der Waals surface area contributed by atoms with Crippen molar-refractivity contribution in [3.63, 3.8) is 0 Å². The van der Waals surface area contributed by atoms with Crippen molar-refractivity contribution in [3.8, 4) is 0 Å². The molecule has 0 aromatic heterocycles. The summed E-state index contributed by atoms with van der Waals surface area (Å²) in [4.78, 5) is 10.5. The van der Waals surface area contributed by atoms with E-state index >= 15 is 0 Å². The van der Waals surface area contributed by atoms with E-state index in [4.69, 9.17) is 4.74 Å². The molecule has 2 heteroatoms. The molecule has 0 saturated carbocycles. The van der Waals surface area contributed by atoms with Crippen LogP contribution >= 0.6 is 0 Å². The maximum atomic E-state index is 10.5. The molecule has 0 spiro atoms. The van der Waals surface area contributed by atoms with Crippen molar-refractivity contribution in [2.24, 2.45) is 0 Å². The van der Waals surface area contributed by atoms with Gasteiger partial charge < -0.3 is 4.74 Å². The molecule has 0 aromatic rings. The second-order valence-corrected chi connectivity index (χ2v) is 1.71. The normalized spacial score (nSPS) is 8.56. The summed E-state index contributed by atoms with van der Waals surface area (Å²) in [6.45, 7) is 5.89. The first kappa shape index (κ1) is 8.21. The van der Waals surface area contributed by atoms with Gasteiger partial charge >= 0.3 is 5.97 Å². The summed E-state index contributed by atoms with van der Waals surface area (Å²) in [5.41, 5.74) is 0. The van der Waals surface area contributed by atoms with Crippen LogP contribution in [0.15, 0.2) is 12.7 Å². The minimum absolute atomic E-state index is 0.188. The van der Waals surface area contributed by atoms with Gasteiger partial charge in [-0.3, -0.25) is 4.79 Å². The molecule has 0 aliphatic carbocycles. The standard InChI is InChI=1S/C7H12O2/c1-3-5-7(8)9-6-4-2/h3H,1,4-6H2,2H3. The Bertz CT molecular complexity index is 97.1. The first-order valence-electron chi connectivity index (χ1n) is 3.07. The van der Waals surface area contributed by atoms with E-state index in [1.54, 1.807) is 0 Å². The van der Waals surface area contributed by atoms with Crippen molar-refractivity contribution in [1.82, 2.24) is 0 Å². The second-order valence-electron chi connectivity index (χ2n) is 1.71. The van der Waals surface area contributed by atoms with Crippen LogP contribution in [0.3, 0.4) is 0 Å². The molecule has 0 heterocycles. The Kier molecular flexibility index (Phi) is 4.88. The van der Waals surface area contributed by atoms with Gasteiger partial charge in [-0.15, -0.1) is 6.58 Å². The first-order chi connectivity index (χ1) is 4.31. The smallest absolute Gasteiger partial charge is 0.309 e. The molecule has 0 atom stereocenters. The fraction of sp³-hybridized carbons (Fsp3) is 0.571. The highest BCUT2D eigenvalue weighted by Crippen LogP contribution is 1.87. The SMILES string of the molecule is C=CCC(=O)OCCC. The second kappa shape index (κ2) is 5.35. The van der Waals surface area contributed by atoms with E-state index in [1.807, 2.05) is 6.92 Å². The summed E-state index contributed by atoms with van der Waals surface area (Å²) in [5.74, 6) is -0.188. The van der Waals surface area contributed by atoms with E-state index in [9.17, 15) is 4.79 Å². The zero-order chi connectivity index (χ0) is 7.11. The Morgan fingerprint density at radius 2 is 2.44 bits per heavy atom. The molecule has 0 rings (SSSR count). The van der Waals surface area contributed by atoms with Crippen LogP contribution in [0.2, 0.25) is 0 Å². The van der Waals surface area contributed by atoms with Gasteiger partial charge in [-0.25, -0.2) is 0 Å². The summed E-state index contributed by atoms with van der Waals surface area (Å²) in [5, 5.41) is 0. The van der Waals surface area contributed by atoms with E-state index in [0.717, 1.165) is 6.42 Å². The molecular formula is C7H12O2. The molecule has 0 fully saturated rings. The number of hydrogen-bond donors (Lipinski definition) is 0. The van der Waals surface area contributed by atoms with Crippen LogP contribution < -0.4 is 0 Å². The molecule has 0 N–H and O–H groups in total. The van der Waals surface area contributed by atoms with Crippen LogP contribution in [0.4, 0.5) is 0 Å². The van der Waals surface area contributed by atoms with Crippen LogP contribution in [-0.4, -0.2) is 12.6 Å². The summed E-state index contributed by atoms with van der Waals surface area (Å²) < 4.78 is 4.72. The topological polar surface area (TPSA) is 26.3 Å². The van der Waals surface area contributed by atoms with Crippen molar-refractivity contribution >= 4 is 5.97 Å². The first-order valence-corrected chi connectivity index (χ1v) is 3.07. The van der Waals surface area contributed by atoms with Gasteiger partial charge in [0.2, 0.25) is 0 Å². The van der Waals surface area contributed by atoms with Crippen molar-refractivity contribution in [3.05, 3.63) is 12.7 Å². The molecule has 52 valence electrons. The predicted octanol–water partition coefficient (Wildman–Crippen LogP) is 1.52. The lowest BCUT2D eigenvalue weighted by atomic mass is 10.4. The molecule has 0 unspecified atom stereocenters. The summed E-state index contributed by atoms with van der Waals surface area (Å²) in [6.07, 6.45) is 2.74. The van der Waals surface area contributed by atoms with Crippen molar-refractivity contribution in [2.75, 3.05) is 6.61 Å². The molecule has 0 aliphatic heterocycles. The minimum atomic E-state index is -0.188. The highest BCUT2D eigenvalue weighted by molar-refractivity contribution is 5.70. The number of esters is 1. The molecule has 0 bridgehead atoms. The Hall–Kier alpha value is -0.790. The zero-order valence-corrected chi connectivity index (χ0v) is 5.72. The lowest BCUT2D eigenvalue weighted by Gasteiger charge is -1.97. The predicted molar refractivity (Wildman–Crippen MR) is 36.1 cm³/mol. The van der Waals surface area contributed by atoms with Gasteiger partial charge in [-0.05, 0) is 6.42 Å². The van der Waals surface area contributed by atoms with Gasteiger partial charge in [0.25, 0.3) is 0 Å². The highest BCUT2D eigenvalue weighted by atomic mass is 16.5. The largest absolute Gasteiger partial charge is 0.465 e. The van der Waals surface area contributed by atoms with Crippen LogP contribution in [0, 0.1) is 0 Å². The van der Waals surface area contributed by atoms with Crippen molar-refractivity contribution < 1.29 is 9.53 Å². The van der Waals surface area contributed by atoms with Crippen LogP contribution in [-0.2, 0) is 9.53 Å². The molecule has 9 heavy (non-hydrogen) atoms. The summed E-state index contributed by atoms with van der Waals surface area (Å²) in [6, 6.07) is 0. The van der Waals surface area contributed by atoms with Gasteiger partial charge in [-0.2, -0.15) is 0 Å². The lowest BCUT2D eigenvalue weighted by Crippen LogP contribution is -2.02. The van der Waals surface area contributed by atoms with E-state index in [2.05, 4.69) is 6.58 Å². The lowest BCUT2D eigenvalue weighted by molar-refractivity contribution is -0.142.